The Bertz CT molecular complexity index is 216. The molecule has 4 fully saturated rings. The third kappa shape index (κ3) is 1.63. The van der Waals surface area contributed by atoms with E-state index in [-0.39, 0.29) is 5.56 Å². The standard InChI is InChI=1S/C13H21ClO/c1-2-15-12(14)13-6-9-3-10(7-13)5-11(4-9)8-13/h9-12H,2-8H2,1H3. The van der Waals surface area contributed by atoms with E-state index in [9.17, 15) is 0 Å². The Labute approximate surface area is 97.5 Å². The molecule has 0 aromatic heterocycles. The molecule has 0 heterocycles. The highest BCUT2D eigenvalue weighted by Gasteiger charge is 2.54. The van der Waals surface area contributed by atoms with Crippen molar-refractivity contribution in [3.05, 3.63) is 0 Å². The van der Waals surface area contributed by atoms with Crippen molar-refractivity contribution in [2.45, 2.75) is 51.0 Å². The molecular weight excluding hydrogens is 208 g/mol. The lowest BCUT2D eigenvalue weighted by Gasteiger charge is -2.58. The number of rotatable bonds is 3. The summed E-state index contributed by atoms with van der Waals surface area (Å²) in [6, 6.07) is 0. The van der Waals surface area contributed by atoms with E-state index < -0.39 is 0 Å². The maximum absolute atomic E-state index is 6.48. The van der Waals surface area contributed by atoms with E-state index >= 15 is 0 Å². The van der Waals surface area contributed by atoms with Gasteiger partial charge in [-0.25, -0.2) is 0 Å². The molecule has 4 aliphatic rings. The molecule has 0 aromatic carbocycles. The maximum atomic E-state index is 6.48. The first-order valence-electron chi connectivity index (χ1n) is 6.47. The van der Waals surface area contributed by atoms with Crippen molar-refractivity contribution in [2.24, 2.45) is 23.2 Å². The lowest BCUT2D eigenvalue weighted by atomic mass is 9.50. The molecule has 1 unspecified atom stereocenters. The van der Waals surface area contributed by atoms with Crippen LogP contribution in [0.4, 0.5) is 0 Å². The van der Waals surface area contributed by atoms with Crippen molar-refractivity contribution in [1.82, 2.24) is 0 Å². The average molecular weight is 229 g/mol. The molecule has 2 heteroatoms. The van der Waals surface area contributed by atoms with Gasteiger partial charge in [0.25, 0.3) is 0 Å². The largest absolute Gasteiger partial charge is 0.362 e. The lowest BCUT2D eigenvalue weighted by Crippen LogP contribution is -2.50. The number of halogens is 1. The van der Waals surface area contributed by atoms with E-state index in [2.05, 4.69) is 6.92 Å². The topological polar surface area (TPSA) is 9.23 Å². The minimum atomic E-state index is -0.0177. The minimum absolute atomic E-state index is 0.0177. The predicted molar refractivity (Wildman–Crippen MR) is 61.9 cm³/mol. The summed E-state index contributed by atoms with van der Waals surface area (Å²) in [7, 11) is 0. The van der Waals surface area contributed by atoms with Crippen LogP contribution < -0.4 is 0 Å². The lowest BCUT2D eigenvalue weighted by molar-refractivity contribution is -0.111. The summed E-state index contributed by atoms with van der Waals surface area (Å²) in [5.41, 5.74) is 0.336. The van der Waals surface area contributed by atoms with Gasteiger partial charge in [0.15, 0.2) is 0 Å². The van der Waals surface area contributed by atoms with Crippen LogP contribution in [0, 0.1) is 23.2 Å². The molecule has 4 bridgehead atoms. The first kappa shape index (κ1) is 10.4. The van der Waals surface area contributed by atoms with Gasteiger partial charge >= 0.3 is 0 Å². The molecule has 1 nitrogen and oxygen atoms in total. The summed E-state index contributed by atoms with van der Waals surface area (Å²) in [6.07, 6.45) is 8.46. The van der Waals surface area contributed by atoms with Gasteiger partial charge in [0, 0.05) is 12.0 Å². The highest BCUT2D eigenvalue weighted by molar-refractivity contribution is 6.20. The molecule has 0 radical (unpaired) electrons. The second-order valence-electron chi connectivity index (χ2n) is 6.05. The normalized spacial score (nSPS) is 49.6. The second-order valence-corrected chi connectivity index (χ2v) is 6.45. The average Bonchev–Trinajstić information content (AvgIpc) is 2.15. The van der Waals surface area contributed by atoms with Crippen molar-refractivity contribution in [1.29, 1.82) is 0 Å². The molecule has 0 aliphatic heterocycles. The van der Waals surface area contributed by atoms with Crippen LogP contribution in [-0.2, 0) is 4.74 Å². The Balaban J connectivity index is 1.80. The van der Waals surface area contributed by atoms with Gasteiger partial charge in [-0.3, -0.25) is 0 Å². The molecule has 4 aliphatic carbocycles. The third-order valence-corrected chi connectivity index (χ3v) is 5.47. The van der Waals surface area contributed by atoms with Crippen LogP contribution in [0.5, 0.6) is 0 Å². The van der Waals surface area contributed by atoms with E-state index in [1.165, 1.54) is 38.5 Å². The van der Waals surface area contributed by atoms with Gasteiger partial charge in [-0.1, -0.05) is 11.6 Å². The van der Waals surface area contributed by atoms with Crippen LogP contribution in [0.15, 0.2) is 0 Å². The predicted octanol–water partition coefficient (Wildman–Crippen LogP) is 3.80. The number of hydrogen-bond donors (Lipinski definition) is 0. The Morgan fingerprint density at radius 2 is 1.60 bits per heavy atom. The molecular formula is C13H21ClO. The number of alkyl halides is 1. The van der Waals surface area contributed by atoms with Crippen molar-refractivity contribution in [3.63, 3.8) is 0 Å². The van der Waals surface area contributed by atoms with Crippen LogP contribution >= 0.6 is 11.6 Å². The molecule has 0 aromatic rings. The van der Waals surface area contributed by atoms with Crippen LogP contribution in [-0.4, -0.2) is 12.2 Å². The summed E-state index contributed by atoms with van der Waals surface area (Å²) in [4.78, 5) is 0. The van der Waals surface area contributed by atoms with Crippen molar-refractivity contribution < 1.29 is 4.74 Å². The zero-order valence-electron chi connectivity index (χ0n) is 9.55. The molecule has 86 valence electrons. The Hall–Kier alpha value is 0.250. The smallest absolute Gasteiger partial charge is 0.136 e. The fourth-order valence-corrected chi connectivity index (χ4v) is 5.17. The van der Waals surface area contributed by atoms with Crippen molar-refractivity contribution in [2.75, 3.05) is 6.61 Å². The quantitative estimate of drug-likeness (QED) is 0.668. The van der Waals surface area contributed by atoms with Gasteiger partial charge in [0.1, 0.15) is 5.56 Å². The number of ether oxygens (including phenoxy) is 1. The summed E-state index contributed by atoms with van der Waals surface area (Å²) in [6.45, 7) is 2.81. The molecule has 0 spiro atoms. The molecule has 4 saturated carbocycles. The molecule has 0 amide bonds. The van der Waals surface area contributed by atoms with Crippen LogP contribution in [0.1, 0.15) is 45.4 Å². The zero-order valence-corrected chi connectivity index (χ0v) is 10.3. The molecule has 1 atom stereocenters. The van der Waals surface area contributed by atoms with E-state index in [0.717, 1.165) is 24.4 Å². The van der Waals surface area contributed by atoms with Gasteiger partial charge in [-0.15, -0.1) is 0 Å². The SMILES string of the molecule is CCOC(Cl)C12CC3CC(CC(C3)C1)C2. The first-order chi connectivity index (χ1) is 7.22. The van der Waals surface area contributed by atoms with Crippen molar-refractivity contribution >= 4 is 11.6 Å². The molecule has 0 saturated heterocycles. The molecule has 15 heavy (non-hydrogen) atoms. The fourth-order valence-electron chi connectivity index (χ4n) is 4.78. The summed E-state index contributed by atoms with van der Waals surface area (Å²) >= 11 is 6.48. The Kier molecular flexibility index (Phi) is 2.52. The van der Waals surface area contributed by atoms with Gasteiger partial charge in [0.05, 0.1) is 0 Å². The highest BCUT2D eigenvalue weighted by atomic mass is 35.5. The van der Waals surface area contributed by atoms with E-state index in [4.69, 9.17) is 16.3 Å². The Morgan fingerprint density at radius 1 is 1.13 bits per heavy atom. The summed E-state index contributed by atoms with van der Waals surface area (Å²) in [5, 5.41) is 0. The summed E-state index contributed by atoms with van der Waals surface area (Å²) in [5.74, 6) is 2.91. The fraction of sp³-hybridized carbons (Fsp3) is 1.00. The highest BCUT2D eigenvalue weighted by Crippen LogP contribution is 2.62. The zero-order chi connectivity index (χ0) is 10.5. The second kappa shape index (κ2) is 3.63. The monoisotopic (exact) mass is 228 g/mol. The van der Waals surface area contributed by atoms with Gasteiger partial charge in [-0.2, -0.15) is 0 Å². The Morgan fingerprint density at radius 3 is 2.00 bits per heavy atom. The van der Waals surface area contributed by atoms with Crippen LogP contribution in [0.25, 0.3) is 0 Å². The maximum Gasteiger partial charge on any atom is 0.136 e. The van der Waals surface area contributed by atoms with Crippen molar-refractivity contribution in [3.8, 4) is 0 Å². The molecule has 0 N–H and O–H groups in total. The third-order valence-electron chi connectivity index (χ3n) is 4.88. The van der Waals surface area contributed by atoms with Gasteiger partial charge in [0.2, 0.25) is 0 Å². The van der Waals surface area contributed by atoms with Gasteiger partial charge in [-0.05, 0) is 63.2 Å². The minimum Gasteiger partial charge on any atom is -0.362 e. The van der Waals surface area contributed by atoms with Crippen LogP contribution in [0.3, 0.4) is 0 Å². The number of hydrogen-bond acceptors (Lipinski definition) is 1. The first-order valence-corrected chi connectivity index (χ1v) is 6.91. The van der Waals surface area contributed by atoms with E-state index in [1.807, 2.05) is 0 Å². The van der Waals surface area contributed by atoms with Gasteiger partial charge < -0.3 is 4.74 Å². The molecule has 4 rings (SSSR count). The van der Waals surface area contributed by atoms with E-state index in [0.29, 0.717) is 5.41 Å². The summed E-state index contributed by atoms with van der Waals surface area (Å²) < 4.78 is 5.69. The van der Waals surface area contributed by atoms with E-state index in [1.54, 1.807) is 0 Å². The van der Waals surface area contributed by atoms with Crippen LogP contribution in [0.2, 0.25) is 0 Å².